The molecule has 2 N–H and O–H groups in total. The highest BCUT2D eigenvalue weighted by atomic mass is 35.5. The Morgan fingerprint density at radius 1 is 1.05 bits per heavy atom. The van der Waals surface area contributed by atoms with E-state index in [9.17, 15) is 14.4 Å². The van der Waals surface area contributed by atoms with Crippen LogP contribution in [0.3, 0.4) is 0 Å². The number of hydrogen-bond acceptors (Lipinski definition) is 4. The molecule has 40 heavy (non-hydrogen) atoms. The second kappa shape index (κ2) is 13.2. The number of nitrogens with zero attached hydrogens (tertiary/aromatic N) is 1. The average Bonchev–Trinajstić information content (AvgIpc) is 2.85. The van der Waals surface area contributed by atoms with Crippen LogP contribution in [0.5, 0.6) is 0 Å². The van der Waals surface area contributed by atoms with Crippen molar-refractivity contribution in [3.05, 3.63) is 64.2 Å². The predicted molar refractivity (Wildman–Crippen MR) is 161 cm³/mol. The van der Waals surface area contributed by atoms with Crippen molar-refractivity contribution in [1.29, 1.82) is 0 Å². The van der Waals surface area contributed by atoms with Gasteiger partial charge in [-0.15, -0.1) is 6.42 Å². The zero-order valence-electron chi connectivity index (χ0n) is 25.0. The van der Waals surface area contributed by atoms with Crippen LogP contribution in [-0.4, -0.2) is 40.0 Å². The topological polar surface area (TPSA) is 87.7 Å². The van der Waals surface area contributed by atoms with E-state index in [4.69, 9.17) is 22.8 Å². The van der Waals surface area contributed by atoms with Crippen LogP contribution in [0.25, 0.3) is 0 Å². The highest BCUT2D eigenvalue weighted by Gasteiger charge is 2.43. The van der Waals surface area contributed by atoms with Crippen molar-refractivity contribution >= 4 is 35.2 Å². The summed E-state index contributed by atoms with van der Waals surface area (Å²) in [5.74, 6) is 1.47. The molecule has 3 atom stereocenters. The summed E-state index contributed by atoms with van der Waals surface area (Å²) in [6, 6.07) is 10.2. The molecule has 0 aromatic heterocycles. The van der Waals surface area contributed by atoms with E-state index in [0.717, 1.165) is 5.56 Å². The number of amides is 3. The number of benzene rings is 2. The fraction of sp³-hybridized carbons (Fsp3) is 0.469. The predicted octanol–water partition coefficient (Wildman–Crippen LogP) is 6.88. The molecule has 0 saturated carbocycles. The van der Waals surface area contributed by atoms with Crippen LogP contribution < -0.4 is 10.6 Å². The molecule has 0 bridgehead atoms. The monoisotopic (exact) mass is 567 g/mol. The first-order valence-corrected chi connectivity index (χ1v) is 13.8. The van der Waals surface area contributed by atoms with E-state index in [-0.39, 0.29) is 5.92 Å². The smallest absolute Gasteiger partial charge is 0.408 e. The molecule has 2 aromatic carbocycles. The Labute approximate surface area is 244 Å². The molecule has 3 amide bonds. The highest BCUT2D eigenvalue weighted by Crippen LogP contribution is 2.35. The Kier molecular flexibility index (Phi) is 10.8. The molecule has 0 spiro atoms. The lowest BCUT2D eigenvalue weighted by Gasteiger charge is -2.44. The van der Waals surface area contributed by atoms with Gasteiger partial charge in [0.05, 0.1) is 10.7 Å². The lowest BCUT2D eigenvalue weighted by atomic mass is 9.90. The third-order valence-corrected chi connectivity index (χ3v) is 6.81. The molecule has 0 radical (unpaired) electrons. The molecule has 0 fully saturated rings. The van der Waals surface area contributed by atoms with Crippen molar-refractivity contribution < 1.29 is 19.1 Å². The molecule has 2 aromatic rings. The molecule has 0 aliphatic rings. The molecule has 0 aliphatic heterocycles. The molecule has 8 heteroatoms. The molecule has 216 valence electrons. The highest BCUT2D eigenvalue weighted by molar-refractivity contribution is 6.34. The number of alkyl carbamates (subject to hydrolysis) is 1. The summed E-state index contributed by atoms with van der Waals surface area (Å²) in [5, 5.41) is 6.09. The summed E-state index contributed by atoms with van der Waals surface area (Å²) < 4.78 is 5.47. The van der Waals surface area contributed by atoms with Gasteiger partial charge in [-0.3, -0.25) is 9.59 Å². The standard InChI is InChI=1S/C32H42ClN3O4/c1-11-20(3)26(35-30(39)40-32(8,9)10)29(38)36(31(5,6)7)27(23-18-14-13-17-22(23)12-2)28(37)34-25-21(4)16-15-19-24(25)33/h2,13-20,26-27H,11H2,1,3-10H3,(H,34,37)(H,35,39). The number of rotatable bonds is 8. The Hall–Kier alpha value is -3.50. The quantitative estimate of drug-likeness (QED) is 0.340. The Morgan fingerprint density at radius 3 is 2.20 bits per heavy atom. The van der Waals surface area contributed by atoms with Crippen LogP contribution in [0.1, 0.15) is 84.5 Å². The maximum Gasteiger partial charge on any atom is 0.408 e. The minimum Gasteiger partial charge on any atom is -0.444 e. The van der Waals surface area contributed by atoms with Crippen molar-refractivity contribution in [2.75, 3.05) is 5.32 Å². The summed E-state index contributed by atoms with van der Waals surface area (Å²) in [6.45, 7) is 16.4. The number of carbonyl (C=O) groups excluding carboxylic acids is 3. The maximum absolute atomic E-state index is 14.5. The number of nitrogens with one attached hydrogen (secondary N) is 2. The van der Waals surface area contributed by atoms with Gasteiger partial charge in [-0.05, 0) is 77.6 Å². The van der Waals surface area contributed by atoms with Crippen molar-refractivity contribution in [1.82, 2.24) is 10.2 Å². The first kappa shape index (κ1) is 32.7. The van der Waals surface area contributed by atoms with E-state index >= 15 is 0 Å². The van der Waals surface area contributed by atoms with E-state index < -0.39 is 41.1 Å². The molecule has 7 nitrogen and oxygen atoms in total. The second-order valence-electron chi connectivity index (χ2n) is 11.9. The number of aryl methyl sites for hydroxylation is 1. The van der Waals surface area contributed by atoms with Crippen molar-refractivity contribution in [2.45, 2.75) is 92.0 Å². The van der Waals surface area contributed by atoms with E-state index in [0.29, 0.717) is 28.3 Å². The molecular weight excluding hydrogens is 526 g/mol. The van der Waals surface area contributed by atoms with Gasteiger partial charge >= 0.3 is 6.09 Å². The van der Waals surface area contributed by atoms with Crippen LogP contribution in [0.2, 0.25) is 5.02 Å². The zero-order chi connectivity index (χ0) is 30.4. The minimum atomic E-state index is -1.14. The number of halogens is 1. The summed E-state index contributed by atoms with van der Waals surface area (Å²) in [4.78, 5) is 43.0. The van der Waals surface area contributed by atoms with E-state index in [1.165, 1.54) is 4.90 Å². The van der Waals surface area contributed by atoms with Gasteiger partial charge in [-0.25, -0.2) is 4.79 Å². The normalized spacial score (nSPS) is 13.8. The first-order valence-electron chi connectivity index (χ1n) is 13.5. The van der Waals surface area contributed by atoms with Gasteiger partial charge in [0.25, 0.3) is 5.91 Å². The second-order valence-corrected chi connectivity index (χ2v) is 12.4. The molecule has 0 heterocycles. The van der Waals surface area contributed by atoms with Crippen molar-refractivity contribution in [3.63, 3.8) is 0 Å². The van der Waals surface area contributed by atoms with E-state index in [1.54, 1.807) is 57.2 Å². The largest absolute Gasteiger partial charge is 0.444 e. The third-order valence-electron chi connectivity index (χ3n) is 6.50. The maximum atomic E-state index is 14.5. The summed E-state index contributed by atoms with van der Waals surface area (Å²) in [7, 11) is 0. The van der Waals surface area contributed by atoms with Crippen molar-refractivity contribution in [2.24, 2.45) is 5.92 Å². The summed E-state index contributed by atoms with van der Waals surface area (Å²) >= 11 is 6.45. The summed E-state index contributed by atoms with van der Waals surface area (Å²) in [6.07, 6.45) is 5.74. The summed E-state index contributed by atoms with van der Waals surface area (Å²) in [5.41, 5.74) is 0.554. The van der Waals surface area contributed by atoms with Gasteiger partial charge in [0.15, 0.2) is 0 Å². The van der Waals surface area contributed by atoms with Crippen molar-refractivity contribution in [3.8, 4) is 12.3 Å². The molecule has 0 aliphatic carbocycles. The van der Waals surface area contributed by atoms with E-state index in [2.05, 4.69) is 16.6 Å². The first-order chi connectivity index (χ1) is 18.5. The number of para-hydroxylation sites is 1. The Balaban J connectivity index is 2.72. The van der Waals surface area contributed by atoms with Gasteiger partial charge in [0, 0.05) is 11.1 Å². The van der Waals surface area contributed by atoms with Crippen LogP contribution in [0, 0.1) is 25.2 Å². The van der Waals surface area contributed by atoms with E-state index in [1.807, 2.05) is 47.6 Å². The Morgan fingerprint density at radius 2 is 1.68 bits per heavy atom. The fourth-order valence-corrected chi connectivity index (χ4v) is 4.63. The number of anilines is 1. The number of hydrogen-bond donors (Lipinski definition) is 2. The average molecular weight is 568 g/mol. The lowest BCUT2D eigenvalue weighted by Crippen LogP contribution is -2.59. The lowest BCUT2D eigenvalue weighted by molar-refractivity contribution is -0.147. The molecular formula is C32H42ClN3O4. The minimum absolute atomic E-state index is 0.262. The van der Waals surface area contributed by atoms with Gasteiger partial charge in [-0.1, -0.05) is 68.1 Å². The van der Waals surface area contributed by atoms with Gasteiger partial charge in [0.2, 0.25) is 5.91 Å². The fourth-order valence-electron chi connectivity index (χ4n) is 4.36. The third kappa shape index (κ3) is 8.25. The van der Waals surface area contributed by atoms with Gasteiger partial charge < -0.3 is 20.3 Å². The van der Waals surface area contributed by atoms with Crippen LogP contribution in [-0.2, 0) is 14.3 Å². The zero-order valence-corrected chi connectivity index (χ0v) is 25.8. The Bertz CT molecular complexity index is 1250. The number of ether oxygens (including phenoxy) is 1. The number of terminal acetylenes is 1. The van der Waals surface area contributed by atoms with Crippen LogP contribution >= 0.6 is 11.6 Å². The van der Waals surface area contributed by atoms with Gasteiger partial charge in [-0.2, -0.15) is 0 Å². The number of carbonyl (C=O) groups is 3. The molecule has 3 unspecified atom stereocenters. The SMILES string of the molecule is C#Cc1ccccc1C(C(=O)Nc1c(C)cccc1Cl)N(C(=O)C(NC(=O)OC(C)(C)C)C(C)CC)C(C)(C)C. The van der Waals surface area contributed by atoms with Gasteiger partial charge in [0.1, 0.15) is 17.7 Å². The molecule has 0 saturated heterocycles. The van der Waals surface area contributed by atoms with Crippen LogP contribution in [0.4, 0.5) is 10.5 Å². The van der Waals surface area contributed by atoms with Crippen LogP contribution in [0.15, 0.2) is 42.5 Å². The molecule has 2 rings (SSSR count).